The summed E-state index contributed by atoms with van der Waals surface area (Å²) < 4.78 is 11.6. The van der Waals surface area contributed by atoms with Gasteiger partial charge >= 0.3 is 5.97 Å². The normalized spacial score (nSPS) is 12.9. The molecule has 1 N–H and O–H groups in total. The Morgan fingerprint density at radius 3 is 2.50 bits per heavy atom. The fraction of sp³-hybridized carbons (Fsp3) is 0.167. The van der Waals surface area contributed by atoms with Gasteiger partial charge in [-0.25, -0.2) is 4.79 Å². The zero-order chi connectivity index (χ0) is 12.9. The molecule has 0 atom stereocenters. The standard InChI is InChI=1S/C12H9NO5/c1-6(14)13-8-4-11-10(17-5-18-11)3-7(8)2-9(13)12(15)16/h2-4H,5H2,1H3,(H,15,16). The molecule has 3 rings (SSSR count). The summed E-state index contributed by atoms with van der Waals surface area (Å²) in [6.45, 7) is 1.45. The van der Waals surface area contributed by atoms with Crippen LogP contribution in [0.3, 0.4) is 0 Å². The molecule has 92 valence electrons. The highest BCUT2D eigenvalue weighted by Gasteiger charge is 2.21. The number of fused-ring (bicyclic) bond motifs is 2. The first-order chi connectivity index (χ1) is 8.58. The van der Waals surface area contributed by atoms with Crippen molar-refractivity contribution in [1.29, 1.82) is 0 Å². The third-order valence-corrected chi connectivity index (χ3v) is 2.83. The molecule has 0 amide bonds. The Kier molecular flexibility index (Phi) is 2.07. The average molecular weight is 247 g/mol. The SMILES string of the molecule is CC(=O)n1c(C(=O)O)cc2cc3c(cc21)OCO3. The Hall–Kier alpha value is -2.50. The van der Waals surface area contributed by atoms with Crippen LogP contribution in [0.4, 0.5) is 0 Å². The largest absolute Gasteiger partial charge is 0.477 e. The van der Waals surface area contributed by atoms with Crippen LogP contribution in [-0.2, 0) is 0 Å². The van der Waals surface area contributed by atoms with Crippen molar-refractivity contribution in [3.63, 3.8) is 0 Å². The minimum atomic E-state index is -1.15. The van der Waals surface area contributed by atoms with E-state index in [1.54, 1.807) is 12.1 Å². The molecule has 0 saturated heterocycles. The second kappa shape index (κ2) is 3.49. The number of carboxylic acid groups (broad SMARTS) is 1. The molecule has 1 aliphatic rings. The van der Waals surface area contributed by atoms with E-state index in [0.29, 0.717) is 22.4 Å². The van der Waals surface area contributed by atoms with E-state index in [0.717, 1.165) is 4.57 Å². The molecule has 0 spiro atoms. The van der Waals surface area contributed by atoms with Crippen molar-refractivity contribution in [2.75, 3.05) is 6.79 Å². The Morgan fingerprint density at radius 2 is 1.89 bits per heavy atom. The molecule has 6 heteroatoms. The number of hydrogen-bond donors (Lipinski definition) is 1. The highest BCUT2D eigenvalue weighted by molar-refractivity contribution is 6.02. The van der Waals surface area contributed by atoms with Gasteiger partial charge in [-0.3, -0.25) is 9.36 Å². The van der Waals surface area contributed by atoms with Gasteiger partial charge in [-0.15, -0.1) is 0 Å². The van der Waals surface area contributed by atoms with Crippen LogP contribution in [0.5, 0.6) is 11.5 Å². The van der Waals surface area contributed by atoms with Crippen LogP contribution < -0.4 is 9.47 Å². The van der Waals surface area contributed by atoms with E-state index in [1.165, 1.54) is 13.0 Å². The molecular formula is C12H9NO5. The van der Waals surface area contributed by atoms with Gasteiger partial charge in [0.1, 0.15) is 5.69 Å². The molecule has 1 aromatic carbocycles. The van der Waals surface area contributed by atoms with Crippen LogP contribution in [0, 0.1) is 0 Å². The fourth-order valence-electron chi connectivity index (χ4n) is 2.09. The number of benzene rings is 1. The number of nitrogens with zero attached hydrogens (tertiary/aromatic N) is 1. The molecule has 0 aliphatic carbocycles. The van der Waals surface area contributed by atoms with Crippen LogP contribution in [0.1, 0.15) is 22.2 Å². The smallest absolute Gasteiger partial charge is 0.352 e. The molecule has 1 aromatic heterocycles. The summed E-state index contributed by atoms with van der Waals surface area (Å²) in [6.07, 6.45) is 0. The van der Waals surface area contributed by atoms with Crippen molar-refractivity contribution in [3.8, 4) is 11.5 Å². The number of hydrogen-bond acceptors (Lipinski definition) is 4. The zero-order valence-electron chi connectivity index (χ0n) is 9.47. The third kappa shape index (κ3) is 1.35. The molecule has 0 saturated carbocycles. The molecule has 0 unspecified atom stereocenters. The molecule has 6 nitrogen and oxygen atoms in total. The number of carboxylic acids is 1. The number of rotatable bonds is 1. The molecule has 0 bridgehead atoms. The second-order valence-corrected chi connectivity index (χ2v) is 3.95. The summed E-state index contributed by atoms with van der Waals surface area (Å²) in [5.41, 5.74) is 0.435. The van der Waals surface area contributed by atoms with Gasteiger partial charge in [0, 0.05) is 18.4 Å². The van der Waals surface area contributed by atoms with Crippen LogP contribution >= 0.6 is 0 Å². The van der Waals surface area contributed by atoms with Crippen LogP contribution in [-0.4, -0.2) is 28.3 Å². The van der Waals surface area contributed by atoms with Gasteiger partial charge < -0.3 is 14.6 Å². The summed E-state index contributed by atoms with van der Waals surface area (Å²) in [6, 6.07) is 4.73. The first-order valence-corrected chi connectivity index (χ1v) is 5.27. The Morgan fingerprint density at radius 1 is 1.22 bits per heavy atom. The van der Waals surface area contributed by atoms with Crippen molar-refractivity contribution in [1.82, 2.24) is 4.57 Å². The van der Waals surface area contributed by atoms with Gasteiger partial charge in [0.15, 0.2) is 11.5 Å². The highest BCUT2D eigenvalue weighted by atomic mass is 16.7. The lowest BCUT2D eigenvalue weighted by atomic mass is 10.2. The van der Waals surface area contributed by atoms with E-state index in [2.05, 4.69) is 0 Å². The van der Waals surface area contributed by atoms with Crippen LogP contribution in [0.25, 0.3) is 10.9 Å². The summed E-state index contributed by atoms with van der Waals surface area (Å²) in [4.78, 5) is 22.7. The number of carbonyl (C=O) groups excluding carboxylic acids is 1. The maximum absolute atomic E-state index is 11.6. The first kappa shape index (κ1) is 10.6. The van der Waals surface area contributed by atoms with Crippen molar-refractivity contribution >= 4 is 22.8 Å². The lowest BCUT2D eigenvalue weighted by Gasteiger charge is -2.03. The summed E-state index contributed by atoms with van der Waals surface area (Å²) in [5.74, 6) is -0.440. The molecule has 18 heavy (non-hydrogen) atoms. The van der Waals surface area contributed by atoms with Crippen molar-refractivity contribution in [2.45, 2.75) is 6.92 Å². The summed E-state index contributed by atoms with van der Waals surface area (Å²) >= 11 is 0. The average Bonchev–Trinajstić information content (AvgIpc) is 2.87. The second-order valence-electron chi connectivity index (χ2n) is 3.95. The van der Waals surface area contributed by atoms with E-state index in [4.69, 9.17) is 14.6 Å². The molecule has 2 aromatic rings. The lowest BCUT2D eigenvalue weighted by Crippen LogP contribution is -2.13. The summed E-state index contributed by atoms with van der Waals surface area (Å²) in [5, 5.41) is 9.72. The van der Waals surface area contributed by atoms with Gasteiger partial charge in [0.2, 0.25) is 12.7 Å². The van der Waals surface area contributed by atoms with E-state index in [-0.39, 0.29) is 18.4 Å². The van der Waals surface area contributed by atoms with Gasteiger partial charge in [-0.2, -0.15) is 0 Å². The number of ether oxygens (including phenoxy) is 2. The molecule has 2 heterocycles. The molecule has 0 radical (unpaired) electrons. The van der Waals surface area contributed by atoms with E-state index in [1.807, 2.05) is 0 Å². The lowest BCUT2D eigenvalue weighted by molar-refractivity contribution is 0.0676. The van der Waals surface area contributed by atoms with Crippen molar-refractivity contribution < 1.29 is 24.2 Å². The number of carbonyl (C=O) groups is 2. The number of aromatic carboxylic acids is 1. The van der Waals surface area contributed by atoms with Crippen molar-refractivity contribution in [3.05, 3.63) is 23.9 Å². The quantitative estimate of drug-likeness (QED) is 0.830. The zero-order valence-corrected chi connectivity index (χ0v) is 9.47. The van der Waals surface area contributed by atoms with E-state index in [9.17, 15) is 9.59 Å². The predicted octanol–water partition coefficient (Wildman–Crippen LogP) is 1.73. The summed E-state index contributed by atoms with van der Waals surface area (Å²) in [7, 11) is 0. The maximum atomic E-state index is 11.6. The first-order valence-electron chi connectivity index (χ1n) is 5.27. The third-order valence-electron chi connectivity index (χ3n) is 2.83. The number of aromatic nitrogens is 1. The van der Waals surface area contributed by atoms with Crippen LogP contribution in [0.15, 0.2) is 18.2 Å². The Labute approximate surface area is 101 Å². The van der Waals surface area contributed by atoms with Gasteiger partial charge in [-0.05, 0) is 12.1 Å². The van der Waals surface area contributed by atoms with Crippen molar-refractivity contribution in [2.24, 2.45) is 0 Å². The predicted molar refractivity (Wildman–Crippen MR) is 61.3 cm³/mol. The fourth-order valence-corrected chi connectivity index (χ4v) is 2.09. The van der Waals surface area contributed by atoms with Gasteiger partial charge in [0.25, 0.3) is 0 Å². The van der Waals surface area contributed by atoms with Gasteiger partial charge in [0.05, 0.1) is 5.52 Å². The van der Waals surface area contributed by atoms with Gasteiger partial charge in [-0.1, -0.05) is 0 Å². The maximum Gasteiger partial charge on any atom is 0.352 e. The molecule has 0 fully saturated rings. The minimum absolute atomic E-state index is 0.0684. The van der Waals surface area contributed by atoms with E-state index < -0.39 is 5.97 Å². The molecule has 1 aliphatic heterocycles. The topological polar surface area (TPSA) is 77.8 Å². The monoisotopic (exact) mass is 247 g/mol. The Balaban J connectivity index is 2.36. The van der Waals surface area contributed by atoms with E-state index >= 15 is 0 Å². The Bertz CT molecular complexity index is 685. The highest BCUT2D eigenvalue weighted by Crippen LogP contribution is 2.37. The minimum Gasteiger partial charge on any atom is -0.477 e. The molecular weight excluding hydrogens is 238 g/mol. The van der Waals surface area contributed by atoms with Crippen LogP contribution in [0.2, 0.25) is 0 Å².